The Bertz CT molecular complexity index is 901. The molecule has 1 aliphatic rings. The molecule has 1 fully saturated rings. The summed E-state index contributed by atoms with van der Waals surface area (Å²) in [6.45, 7) is 0.780. The minimum atomic E-state index is 0.0934. The van der Waals surface area contributed by atoms with Gasteiger partial charge in [0.2, 0.25) is 5.91 Å². The number of carbonyl (C=O) groups excluding carboxylic acids is 1. The number of hydrogen-bond donors (Lipinski definition) is 1. The second-order valence-electron chi connectivity index (χ2n) is 6.76. The number of aromatic nitrogens is 2. The first kappa shape index (κ1) is 16.8. The van der Waals surface area contributed by atoms with Crippen LogP contribution in [-0.4, -0.2) is 29.6 Å². The third-order valence-electron chi connectivity index (χ3n) is 5.07. The third kappa shape index (κ3) is 3.22. The topological polar surface area (TPSA) is 58.2 Å². The summed E-state index contributed by atoms with van der Waals surface area (Å²) >= 11 is 0. The van der Waals surface area contributed by atoms with Crippen molar-refractivity contribution in [3.8, 4) is 0 Å². The van der Waals surface area contributed by atoms with Gasteiger partial charge in [0.05, 0.1) is 23.4 Å². The first-order valence-electron chi connectivity index (χ1n) is 9.09. The van der Waals surface area contributed by atoms with Crippen LogP contribution in [0.1, 0.15) is 36.4 Å². The van der Waals surface area contributed by atoms with Gasteiger partial charge in [-0.15, -0.1) is 0 Å². The van der Waals surface area contributed by atoms with E-state index in [-0.39, 0.29) is 11.9 Å². The van der Waals surface area contributed by atoms with Gasteiger partial charge in [-0.25, -0.2) is 4.98 Å². The lowest BCUT2D eigenvalue weighted by atomic mass is 10.0. The summed E-state index contributed by atoms with van der Waals surface area (Å²) in [5, 5.41) is 0. The summed E-state index contributed by atoms with van der Waals surface area (Å²) in [6.07, 6.45) is 5.15. The molecule has 1 amide bonds. The van der Waals surface area contributed by atoms with Gasteiger partial charge in [0.1, 0.15) is 0 Å². The quantitative estimate of drug-likeness (QED) is 0.684. The second-order valence-corrected chi connectivity index (χ2v) is 6.76. The molecule has 0 saturated carbocycles. The number of ether oxygens (including phenoxy) is 1. The van der Waals surface area contributed by atoms with E-state index in [0.29, 0.717) is 6.42 Å². The summed E-state index contributed by atoms with van der Waals surface area (Å²) in [5.74, 6) is 0.179. The number of benzene rings is 2. The summed E-state index contributed by atoms with van der Waals surface area (Å²) in [4.78, 5) is 21.9. The molecule has 0 bridgehead atoms. The molecule has 1 aromatic heterocycles. The lowest BCUT2D eigenvalue weighted by Crippen LogP contribution is -2.27. The van der Waals surface area contributed by atoms with Crippen molar-refractivity contribution in [2.75, 3.05) is 18.6 Å². The Morgan fingerprint density at radius 3 is 2.88 bits per heavy atom. The molecule has 1 aliphatic heterocycles. The predicted octanol–water partition coefficient (Wildman–Crippen LogP) is 4.01. The number of nitrogens with one attached hydrogen (secondary N) is 1. The zero-order chi connectivity index (χ0) is 17.9. The highest BCUT2D eigenvalue weighted by molar-refractivity contribution is 5.98. The number of H-pyrrole nitrogens is 1. The van der Waals surface area contributed by atoms with Gasteiger partial charge in [-0.1, -0.05) is 24.3 Å². The second kappa shape index (κ2) is 7.30. The maximum absolute atomic E-state index is 12.6. The summed E-state index contributed by atoms with van der Waals surface area (Å²) in [7, 11) is 1.73. The van der Waals surface area contributed by atoms with Crippen molar-refractivity contribution in [2.24, 2.45) is 0 Å². The number of nitrogens with zero attached hydrogens (tertiary/aromatic N) is 2. The van der Waals surface area contributed by atoms with Crippen molar-refractivity contribution >= 4 is 22.6 Å². The zero-order valence-corrected chi connectivity index (χ0v) is 14.9. The van der Waals surface area contributed by atoms with Crippen molar-refractivity contribution < 1.29 is 9.53 Å². The molecule has 1 saturated heterocycles. The van der Waals surface area contributed by atoms with Gasteiger partial charge >= 0.3 is 0 Å². The Balaban J connectivity index is 1.57. The van der Waals surface area contributed by atoms with Crippen LogP contribution in [0.4, 0.5) is 5.69 Å². The summed E-state index contributed by atoms with van der Waals surface area (Å²) < 4.78 is 5.12. The summed E-state index contributed by atoms with van der Waals surface area (Å²) in [5.41, 5.74) is 5.29. The number of imidazole rings is 1. The van der Waals surface area contributed by atoms with Crippen LogP contribution in [0.25, 0.3) is 11.0 Å². The van der Waals surface area contributed by atoms with E-state index in [4.69, 9.17) is 4.74 Å². The largest absolute Gasteiger partial charge is 0.385 e. The molecule has 1 atom stereocenters. The molecule has 2 heterocycles. The number of carbonyl (C=O) groups is 1. The molecule has 1 unspecified atom stereocenters. The van der Waals surface area contributed by atoms with Crippen LogP contribution >= 0.6 is 0 Å². The van der Waals surface area contributed by atoms with Crippen LogP contribution in [0.2, 0.25) is 0 Å². The Labute approximate surface area is 153 Å². The number of methoxy groups -OCH3 is 1. The van der Waals surface area contributed by atoms with Gasteiger partial charge in [0.25, 0.3) is 0 Å². The molecule has 2 aromatic carbocycles. The van der Waals surface area contributed by atoms with Crippen molar-refractivity contribution in [1.29, 1.82) is 0 Å². The number of amides is 1. The maximum Gasteiger partial charge on any atom is 0.227 e. The Morgan fingerprint density at radius 2 is 2.08 bits per heavy atom. The standard InChI is InChI=1S/C21H23N3O2/c1-26-12-2-3-15-4-6-16(7-5-15)20-10-11-21(25)24(20)17-8-9-18-19(13-17)23-14-22-18/h4-9,13-14,20H,2-3,10-12H2,1H3,(H,22,23). The van der Waals surface area contributed by atoms with Gasteiger partial charge in [-0.05, 0) is 48.6 Å². The van der Waals surface area contributed by atoms with Crippen LogP contribution in [0.5, 0.6) is 0 Å². The molecule has 3 aromatic rings. The zero-order valence-electron chi connectivity index (χ0n) is 14.9. The number of hydrogen-bond acceptors (Lipinski definition) is 3. The highest BCUT2D eigenvalue weighted by Crippen LogP contribution is 2.37. The van der Waals surface area contributed by atoms with Gasteiger partial charge in [0, 0.05) is 25.8 Å². The van der Waals surface area contributed by atoms with Gasteiger partial charge in [0.15, 0.2) is 0 Å². The Morgan fingerprint density at radius 1 is 1.23 bits per heavy atom. The molecule has 0 spiro atoms. The van der Waals surface area contributed by atoms with E-state index >= 15 is 0 Å². The fraction of sp³-hybridized carbons (Fsp3) is 0.333. The number of anilines is 1. The van der Waals surface area contributed by atoms with Gasteiger partial charge in [-0.2, -0.15) is 0 Å². The molecule has 1 N–H and O–H groups in total. The smallest absolute Gasteiger partial charge is 0.227 e. The molecule has 4 rings (SSSR count). The normalized spacial score (nSPS) is 17.3. The predicted molar refractivity (Wildman–Crippen MR) is 102 cm³/mol. The van der Waals surface area contributed by atoms with Gasteiger partial charge < -0.3 is 14.6 Å². The minimum absolute atomic E-state index is 0.0934. The SMILES string of the molecule is COCCCc1ccc(C2CCC(=O)N2c2ccc3nc[nH]c3c2)cc1. The lowest BCUT2D eigenvalue weighted by molar-refractivity contribution is -0.117. The molecule has 26 heavy (non-hydrogen) atoms. The number of rotatable bonds is 6. The van der Waals surface area contributed by atoms with E-state index in [1.54, 1.807) is 13.4 Å². The first-order chi connectivity index (χ1) is 12.8. The van der Waals surface area contributed by atoms with E-state index in [1.165, 1.54) is 11.1 Å². The van der Waals surface area contributed by atoms with Crippen LogP contribution in [0.15, 0.2) is 48.8 Å². The molecule has 5 nitrogen and oxygen atoms in total. The van der Waals surface area contributed by atoms with E-state index in [1.807, 2.05) is 23.1 Å². The Hall–Kier alpha value is -2.66. The first-order valence-corrected chi connectivity index (χ1v) is 9.09. The van der Waals surface area contributed by atoms with Crippen molar-refractivity contribution in [1.82, 2.24) is 9.97 Å². The fourth-order valence-electron chi connectivity index (χ4n) is 3.72. The van der Waals surface area contributed by atoms with E-state index in [9.17, 15) is 4.79 Å². The van der Waals surface area contributed by atoms with E-state index < -0.39 is 0 Å². The van der Waals surface area contributed by atoms with Crippen molar-refractivity contribution in [2.45, 2.75) is 31.7 Å². The molecule has 5 heteroatoms. The van der Waals surface area contributed by atoms with Crippen LogP contribution < -0.4 is 4.90 Å². The molecule has 134 valence electrons. The molecule has 0 radical (unpaired) electrons. The lowest BCUT2D eigenvalue weighted by Gasteiger charge is -2.25. The number of fused-ring (bicyclic) bond motifs is 1. The highest BCUT2D eigenvalue weighted by atomic mass is 16.5. The van der Waals surface area contributed by atoms with Crippen LogP contribution in [-0.2, 0) is 16.0 Å². The van der Waals surface area contributed by atoms with Crippen LogP contribution in [0, 0.1) is 0 Å². The van der Waals surface area contributed by atoms with Gasteiger partial charge in [-0.3, -0.25) is 4.79 Å². The van der Waals surface area contributed by atoms with Crippen molar-refractivity contribution in [3.63, 3.8) is 0 Å². The van der Waals surface area contributed by atoms with Crippen LogP contribution in [0.3, 0.4) is 0 Å². The monoisotopic (exact) mass is 349 g/mol. The Kier molecular flexibility index (Phi) is 4.71. The summed E-state index contributed by atoms with van der Waals surface area (Å²) in [6, 6.07) is 14.7. The average molecular weight is 349 g/mol. The fourth-order valence-corrected chi connectivity index (χ4v) is 3.72. The maximum atomic E-state index is 12.6. The van der Waals surface area contributed by atoms with E-state index in [2.05, 4.69) is 34.2 Å². The molecule has 0 aliphatic carbocycles. The van der Waals surface area contributed by atoms with Crippen molar-refractivity contribution in [3.05, 3.63) is 59.9 Å². The number of aromatic amines is 1. The molecular weight excluding hydrogens is 326 g/mol. The minimum Gasteiger partial charge on any atom is -0.385 e. The average Bonchev–Trinajstić information content (AvgIpc) is 3.28. The highest BCUT2D eigenvalue weighted by Gasteiger charge is 2.33. The third-order valence-corrected chi connectivity index (χ3v) is 5.07. The molecular formula is C21H23N3O2. The van der Waals surface area contributed by atoms with E-state index in [0.717, 1.165) is 42.6 Å². The number of aryl methyl sites for hydroxylation is 1.